The summed E-state index contributed by atoms with van der Waals surface area (Å²) >= 11 is 0. The van der Waals surface area contributed by atoms with Gasteiger partial charge in [0.15, 0.2) is 11.6 Å². The van der Waals surface area contributed by atoms with Crippen molar-refractivity contribution in [2.75, 3.05) is 6.61 Å². The molecule has 1 fully saturated rings. The predicted octanol–water partition coefficient (Wildman–Crippen LogP) is 1.51. The molecule has 1 amide bonds. The summed E-state index contributed by atoms with van der Waals surface area (Å²) in [4.78, 5) is 11.3. The van der Waals surface area contributed by atoms with Crippen LogP contribution in [0.25, 0.3) is 0 Å². The van der Waals surface area contributed by atoms with Gasteiger partial charge in [0.2, 0.25) is 5.91 Å². The second-order valence-corrected chi connectivity index (χ2v) is 4.97. The third kappa shape index (κ3) is 4.21. The van der Waals surface area contributed by atoms with E-state index in [1.165, 1.54) is 6.07 Å². The van der Waals surface area contributed by atoms with Crippen LogP contribution in [0.3, 0.4) is 0 Å². The summed E-state index contributed by atoms with van der Waals surface area (Å²) < 4.78 is 18.8. The summed E-state index contributed by atoms with van der Waals surface area (Å²) in [6.07, 6.45) is 2.60. The highest BCUT2D eigenvalue weighted by atomic mass is 19.1. The van der Waals surface area contributed by atoms with Gasteiger partial charge in [-0.1, -0.05) is 6.07 Å². The van der Waals surface area contributed by atoms with Crippen molar-refractivity contribution < 1.29 is 13.9 Å². The average Bonchev–Trinajstić information content (AvgIpc) is 3.16. The molecule has 1 aliphatic rings. The van der Waals surface area contributed by atoms with Crippen molar-refractivity contribution >= 4 is 5.91 Å². The van der Waals surface area contributed by atoms with Crippen LogP contribution >= 0.6 is 0 Å². The fourth-order valence-corrected chi connectivity index (χ4v) is 1.85. The van der Waals surface area contributed by atoms with Crippen molar-refractivity contribution in [3.8, 4) is 5.75 Å². The van der Waals surface area contributed by atoms with Gasteiger partial charge in [0.05, 0.1) is 12.6 Å². The van der Waals surface area contributed by atoms with Crippen LogP contribution in [0.15, 0.2) is 18.2 Å². The molecule has 0 radical (unpaired) electrons. The van der Waals surface area contributed by atoms with E-state index in [1.807, 2.05) is 6.92 Å². The minimum absolute atomic E-state index is 0.217. The highest BCUT2D eigenvalue weighted by molar-refractivity contribution is 5.79. The highest BCUT2D eigenvalue weighted by Gasteiger charge is 2.27. The average molecular weight is 266 g/mol. The molecule has 0 spiro atoms. The van der Waals surface area contributed by atoms with E-state index >= 15 is 0 Å². The van der Waals surface area contributed by atoms with E-state index in [0.717, 1.165) is 18.4 Å². The Morgan fingerprint density at radius 2 is 2.32 bits per heavy atom. The van der Waals surface area contributed by atoms with Gasteiger partial charge in [0.1, 0.15) is 0 Å². The van der Waals surface area contributed by atoms with E-state index < -0.39 is 11.9 Å². The molecule has 1 atom stereocenters. The quantitative estimate of drug-likeness (QED) is 0.786. The standard InChI is InChI=1S/C14H19FN2O2/c1-9-2-5-11(15)13(8-9)19-7-6-12(14(16)18)17-10-3-4-10/h2,5,8,10,12,17H,3-4,6-7H2,1H3,(H2,16,18). The first-order valence-electron chi connectivity index (χ1n) is 6.50. The molecular formula is C14H19FN2O2. The molecular weight excluding hydrogens is 247 g/mol. The minimum Gasteiger partial charge on any atom is -0.490 e. The van der Waals surface area contributed by atoms with Crippen molar-refractivity contribution in [3.05, 3.63) is 29.6 Å². The molecule has 3 N–H and O–H groups in total. The second kappa shape index (κ2) is 6.02. The molecule has 0 aromatic heterocycles. The molecule has 1 saturated carbocycles. The Labute approximate surface area is 112 Å². The Morgan fingerprint density at radius 1 is 1.58 bits per heavy atom. The van der Waals surface area contributed by atoms with Gasteiger partial charge in [-0.25, -0.2) is 4.39 Å². The van der Waals surface area contributed by atoms with Gasteiger partial charge in [0, 0.05) is 12.5 Å². The Kier molecular flexibility index (Phi) is 4.37. The number of ether oxygens (including phenoxy) is 1. The summed E-state index contributed by atoms with van der Waals surface area (Å²) in [6.45, 7) is 2.13. The van der Waals surface area contributed by atoms with Crippen molar-refractivity contribution in [3.63, 3.8) is 0 Å². The lowest BCUT2D eigenvalue weighted by molar-refractivity contribution is -0.120. The van der Waals surface area contributed by atoms with Crippen LogP contribution in [0, 0.1) is 12.7 Å². The number of aryl methyl sites for hydroxylation is 1. The van der Waals surface area contributed by atoms with Crippen molar-refractivity contribution in [1.29, 1.82) is 0 Å². The summed E-state index contributed by atoms with van der Waals surface area (Å²) in [5.74, 6) is -0.564. The van der Waals surface area contributed by atoms with Crippen LogP contribution in [0.5, 0.6) is 5.75 Å². The zero-order valence-corrected chi connectivity index (χ0v) is 11.0. The number of nitrogens with one attached hydrogen (secondary N) is 1. The number of carbonyl (C=O) groups is 1. The maximum absolute atomic E-state index is 13.4. The second-order valence-electron chi connectivity index (χ2n) is 4.97. The molecule has 2 rings (SSSR count). The highest BCUT2D eigenvalue weighted by Crippen LogP contribution is 2.21. The van der Waals surface area contributed by atoms with Crippen molar-refractivity contribution in [2.45, 2.75) is 38.3 Å². The summed E-state index contributed by atoms with van der Waals surface area (Å²) in [7, 11) is 0. The molecule has 19 heavy (non-hydrogen) atoms. The zero-order valence-electron chi connectivity index (χ0n) is 11.0. The molecule has 0 aliphatic heterocycles. The number of primary amides is 1. The van der Waals surface area contributed by atoms with Gasteiger partial charge in [-0.15, -0.1) is 0 Å². The fourth-order valence-electron chi connectivity index (χ4n) is 1.85. The van der Waals surface area contributed by atoms with Gasteiger partial charge in [-0.05, 0) is 37.5 Å². The topological polar surface area (TPSA) is 64.3 Å². The largest absolute Gasteiger partial charge is 0.490 e. The van der Waals surface area contributed by atoms with E-state index in [1.54, 1.807) is 12.1 Å². The number of hydrogen-bond acceptors (Lipinski definition) is 3. The Bertz CT molecular complexity index is 461. The number of carbonyl (C=O) groups excluding carboxylic acids is 1. The number of benzene rings is 1. The van der Waals surface area contributed by atoms with Crippen LogP contribution < -0.4 is 15.8 Å². The number of rotatable bonds is 7. The van der Waals surface area contributed by atoms with Crippen LogP contribution in [0.2, 0.25) is 0 Å². The van der Waals surface area contributed by atoms with Gasteiger partial charge in [-0.2, -0.15) is 0 Å². The van der Waals surface area contributed by atoms with E-state index in [9.17, 15) is 9.18 Å². The van der Waals surface area contributed by atoms with Gasteiger partial charge in [0.25, 0.3) is 0 Å². The minimum atomic E-state index is -0.402. The van der Waals surface area contributed by atoms with Gasteiger partial charge in [-0.3, -0.25) is 4.79 Å². The maximum atomic E-state index is 13.4. The number of amides is 1. The van der Waals surface area contributed by atoms with Crippen LogP contribution in [-0.4, -0.2) is 24.6 Å². The monoisotopic (exact) mass is 266 g/mol. The smallest absolute Gasteiger partial charge is 0.234 e. The molecule has 0 heterocycles. The van der Waals surface area contributed by atoms with E-state index in [-0.39, 0.29) is 18.3 Å². The van der Waals surface area contributed by atoms with E-state index in [2.05, 4.69) is 5.32 Å². The molecule has 5 heteroatoms. The SMILES string of the molecule is Cc1ccc(F)c(OCCC(NC2CC2)C(N)=O)c1. The first-order chi connectivity index (χ1) is 9.06. The van der Waals surface area contributed by atoms with Gasteiger partial charge < -0.3 is 15.8 Å². The summed E-state index contributed by atoms with van der Waals surface area (Å²) in [6, 6.07) is 4.69. The number of halogens is 1. The van der Waals surface area contributed by atoms with Crippen LogP contribution in [0.4, 0.5) is 4.39 Å². The lowest BCUT2D eigenvalue weighted by atomic mass is 10.2. The normalized spacial score (nSPS) is 16.1. The first kappa shape index (κ1) is 13.8. The molecule has 0 bridgehead atoms. The summed E-state index contributed by atoms with van der Waals surface area (Å²) in [5.41, 5.74) is 6.24. The fraction of sp³-hybridized carbons (Fsp3) is 0.500. The maximum Gasteiger partial charge on any atom is 0.234 e. The van der Waals surface area contributed by atoms with Crippen molar-refractivity contribution in [1.82, 2.24) is 5.32 Å². The molecule has 104 valence electrons. The first-order valence-corrected chi connectivity index (χ1v) is 6.50. The van der Waals surface area contributed by atoms with Crippen LogP contribution in [0.1, 0.15) is 24.8 Å². The van der Waals surface area contributed by atoms with Crippen molar-refractivity contribution in [2.24, 2.45) is 5.73 Å². The lowest BCUT2D eigenvalue weighted by Gasteiger charge is -2.15. The van der Waals surface area contributed by atoms with Gasteiger partial charge >= 0.3 is 0 Å². The van der Waals surface area contributed by atoms with E-state index in [4.69, 9.17) is 10.5 Å². The Morgan fingerprint density at radius 3 is 2.95 bits per heavy atom. The van der Waals surface area contributed by atoms with Crippen LogP contribution in [-0.2, 0) is 4.79 Å². The molecule has 1 aliphatic carbocycles. The zero-order chi connectivity index (χ0) is 13.8. The summed E-state index contributed by atoms with van der Waals surface area (Å²) in [5, 5.41) is 3.15. The lowest BCUT2D eigenvalue weighted by Crippen LogP contribution is -2.43. The molecule has 1 unspecified atom stereocenters. The third-order valence-corrected chi connectivity index (χ3v) is 3.11. The van der Waals surface area contributed by atoms with E-state index in [0.29, 0.717) is 12.5 Å². The molecule has 0 saturated heterocycles. The number of hydrogen-bond donors (Lipinski definition) is 2. The molecule has 1 aromatic rings. The number of nitrogens with two attached hydrogens (primary N) is 1. The predicted molar refractivity (Wildman–Crippen MR) is 70.4 cm³/mol. The molecule has 1 aromatic carbocycles. The molecule has 4 nitrogen and oxygen atoms in total. The Hall–Kier alpha value is -1.62. The third-order valence-electron chi connectivity index (χ3n) is 3.11. The Balaban J connectivity index is 1.83.